The third kappa shape index (κ3) is 3.15. The molecule has 0 atom stereocenters. The van der Waals surface area contributed by atoms with Crippen LogP contribution in [0.4, 0.5) is 5.69 Å². The molecule has 0 aromatic heterocycles. The number of rotatable bonds is 2. The maximum absolute atomic E-state index is 10.8. The lowest BCUT2D eigenvalue weighted by atomic mass is 10.2. The monoisotopic (exact) mass is 246 g/mol. The van der Waals surface area contributed by atoms with E-state index in [1.807, 2.05) is 0 Å². The molecule has 82 valence electrons. The van der Waals surface area contributed by atoms with Crippen LogP contribution >= 0.6 is 12.2 Å². The average Bonchev–Trinajstić information content (AvgIpc) is 2.06. The smallest absolute Gasteiger partial charge is 0.294 e. The number of thiocarbonyl (C=S) groups is 1. The fourth-order valence-electron chi connectivity index (χ4n) is 1.03. The zero-order valence-corrected chi connectivity index (χ0v) is 9.52. The normalized spacial score (nSPS) is 11.1. The fourth-order valence-corrected chi connectivity index (χ4v) is 1.65. The molecular weight excluding hydrogens is 236 g/mol. The average molecular weight is 246 g/mol. The molecule has 0 amide bonds. The van der Waals surface area contributed by atoms with Crippen molar-refractivity contribution in [2.45, 2.75) is 11.8 Å². The molecule has 1 aromatic carbocycles. The van der Waals surface area contributed by atoms with Crippen LogP contribution in [-0.2, 0) is 10.1 Å². The third-order valence-electron chi connectivity index (χ3n) is 1.76. The Morgan fingerprint density at radius 3 is 2.60 bits per heavy atom. The Morgan fingerprint density at radius 2 is 2.13 bits per heavy atom. The Labute approximate surface area is 93.0 Å². The minimum atomic E-state index is -4.20. The van der Waals surface area contributed by atoms with Gasteiger partial charge in [-0.15, -0.1) is 0 Å². The van der Waals surface area contributed by atoms with Crippen LogP contribution in [0.5, 0.6) is 0 Å². The van der Waals surface area contributed by atoms with Crippen LogP contribution in [0.15, 0.2) is 23.1 Å². The maximum atomic E-state index is 10.8. The van der Waals surface area contributed by atoms with Gasteiger partial charge in [0.05, 0.1) is 4.90 Å². The number of aryl methyl sites for hydroxylation is 1. The van der Waals surface area contributed by atoms with Gasteiger partial charge in [0.2, 0.25) is 0 Å². The molecule has 7 heteroatoms. The van der Waals surface area contributed by atoms with Gasteiger partial charge in [-0.25, -0.2) is 0 Å². The highest BCUT2D eigenvalue weighted by Crippen LogP contribution is 2.19. The lowest BCUT2D eigenvalue weighted by Gasteiger charge is -2.08. The molecule has 0 saturated carbocycles. The zero-order chi connectivity index (χ0) is 11.6. The molecule has 0 aliphatic carbocycles. The highest BCUT2D eigenvalue weighted by atomic mass is 32.2. The molecule has 4 N–H and O–H groups in total. The number of nitrogens with one attached hydrogen (secondary N) is 1. The molecule has 0 aliphatic heterocycles. The van der Waals surface area contributed by atoms with E-state index in [1.165, 1.54) is 12.1 Å². The summed E-state index contributed by atoms with van der Waals surface area (Å²) in [5.41, 5.74) is 6.49. The summed E-state index contributed by atoms with van der Waals surface area (Å²) < 4.78 is 30.5. The van der Waals surface area contributed by atoms with Gasteiger partial charge in [-0.3, -0.25) is 4.55 Å². The molecule has 0 aliphatic rings. The van der Waals surface area contributed by atoms with E-state index < -0.39 is 10.1 Å². The van der Waals surface area contributed by atoms with Crippen molar-refractivity contribution < 1.29 is 13.0 Å². The Kier molecular flexibility index (Phi) is 3.28. The second kappa shape index (κ2) is 4.13. The minimum Gasteiger partial charge on any atom is -0.376 e. The second-order valence-corrected chi connectivity index (χ2v) is 4.80. The predicted octanol–water partition coefficient (Wildman–Crippen LogP) is 0.897. The molecule has 5 nitrogen and oxygen atoms in total. The van der Waals surface area contributed by atoms with Gasteiger partial charge in [0.15, 0.2) is 5.11 Å². The molecule has 0 fully saturated rings. The first-order valence-corrected chi connectivity index (χ1v) is 5.80. The predicted molar refractivity (Wildman–Crippen MR) is 61.4 cm³/mol. The van der Waals surface area contributed by atoms with E-state index in [2.05, 4.69) is 17.5 Å². The molecule has 0 spiro atoms. The molecule has 0 unspecified atom stereocenters. The summed E-state index contributed by atoms with van der Waals surface area (Å²) in [5.74, 6) is 0. The van der Waals surface area contributed by atoms with Gasteiger partial charge < -0.3 is 11.1 Å². The van der Waals surface area contributed by atoms with E-state index >= 15 is 0 Å². The van der Waals surface area contributed by atoms with Crippen molar-refractivity contribution in [2.24, 2.45) is 5.73 Å². The SMILES string of the molecule is Cc1ccc(S(=O)(=O)O)cc1NC(N)=S. The van der Waals surface area contributed by atoms with Crippen LogP contribution in [0, 0.1) is 6.92 Å². The van der Waals surface area contributed by atoms with Crippen molar-refractivity contribution in [3.8, 4) is 0 Å². The molecular formula is C8H10N2O3S2. The highest BCUT2D eigenvalue weighted by Gasteiger charge is 2.11. The first-order chi connectivity index (χ1) is 6.80. The summed E-state index contributed by atoms with van der Waals surface area (Å²) >= 11 is 4.63. The van der Waals surface area contributed by atoms with Gasteiger partial charge in [0.25, 0.3) is 10.1 Å². The molecule has 15 heavy (non-hydrogen) atoms. The van der Waals surface area contributed by atoms with Gasteiger partial charge in [0.1, 0.15) is 0 Å². The third-order valence-corrected chi connectivity index (χ3v) is 2.72. The first-order valence-electron chi connectivity index (χ1n) is 3.95. The number of hydrogen-bond acceptors (Lipinski definition) is 3. The number of anilines is 1. The van der Waals surface area contributed by atoms with Gasteiger partial charge in [0, 0.05) is 5.69 Å². The van der Waals surface area contributed by atoms with Crippen LogP contribution in [0.3, 0.4) is 0 Å². The topological polar surface area (TPSA) is 92.4 Å². The van der Waals surface area contributed by atoms with E-state index in [9.17, 15) is 8.42 Å². The molecule has 1 rings (SSSR count). The number of nitrogens with two attached hydrogens (primary N) is 1. The maximum Gasteiger partial charge on any atom is 0.294 e. The van der Waals surface area contributed by atoms with Crippen LogP contribution in [0.25, 0.3) is 0 Å². The van der Waals surface area contributed by atoms with Crippen LogP contribution in [0.1, 0.15) is 5.56 Å². The van der Waals surface area contributed by atoms with Gasteiger partial charge in [-0.05, 0) is 36.8 Å². The summed E-state index contributed by atoms with van der Waals surface area (Å²) in [7, 11) is -4.20. The second-order valence-electron chi connectivity index (χ2n) is 2.94. The summed E-state index contributed by atoms with van der Waals surface area (Å²) in [5, 5.41) is 2.65. The lowest BCUT2D eigenvalue weighted by Crippen LogP contribution is -2.19. The van der Waals surface area contributed by atoms with Crippen LogP contribution in [-0.4, -0.2) is 18.1 Å². The van der Waals surface area contributed by atoms with Gasteiger partial charge >= 0.3 is 0 Å². The molecule has 0 heterocycles. The van der Waals surface area contributed by atoms with E-state index in [4.69, 9.17) is 10.3 Å². The summed E-state index contributed by atoms with van der Waals surface area (Å²) in [4.78, 5) is -0.202. The van der Waals surface area contributed by atoms with Gasteiger partial charge in [-0.2, -0.15) is 8.42 Å². The lowest BCUT2D eigenvalue weighted by molar-refractivity contribution is 0.483. The zero-order valence-electron chi connectivity index (χ0n) is 7.89. The number of hydrogen-bond donors (Lipinski definition) is 3. The molecule has 0 radical (unpaired) electrons. The highest BCUT2D eigenvalue weighted by molar-refractivity contribution is 7.85. The van der Waals surface area contributed by atoms with Crippen molar-refractivity contribution in [2.75, 3.05) is 5.32 Å². The summed E-state index contributed by atoms with van der Waals surface area (Å²) in [6.07, 6.45) is 0. The Balaban J connectivity index is 3.23. The Hall–Kier alpha value is -1.18. The number of benzene rings is 1. The van der Waals surface area contributed by atoms with Crippen LogP contribution < -0.4 is 11.1 Å². The molecule has 1 aromatic rings. The van der Waals surface area contributed by atoms with Crippen molar-refractivity contribution in [3.63, 3.8) is 0 Å². The molecule has 0 bridgehead atoms. The van der Waals surface area contributed by atoms with E-state index in [-0.39, 0.29) is 10.0 Å². The minimum absolute atomic E-state index is 0.0330. The first kappa shape index (κ1) is 11.9. The Bertz CT molecular complexity index is 497. The fraction of sp³-hybridized carbons (Fsp3) is 0.125. The largest absolute Gasteiger partial charge is 0.376 e. The van der Waals surface area contributed by atoms with Crippen LogP contribution in [0.2, 0.25) is 0 Å². The van der Waals surface area contributed by atoms with Crippen molar-refractivity contribution in [1.82, 2.24) is 0 Å². The quantitative estimate of drug-likeness (QED) is 0.530. The summed E-state index contributed by atoms with van der Waals surface area (Å²) in [6, 6.07) is 4.11. The van der Waals surface area contributed by atoms with E-state index in [0.717, 1.165) is 5.56 Å². The standard InChI is InChI=1S/C8H10N2O3S2/c1-5-2-3-6(15(11,12)13)4-7(5)10-8(9)14/h2-4H,1H3,(H3,9,10,14)(H,11,12,13). The van der Waals surface area contributed by atoms with Crippen molar-refractivity contribution >= 4 is 33.1 Å². The van der Waals surface area contributed by atoms with E-state index in [1.54, 1.807) is 13.0 Å². The van der Waals surface area contributed by atoms with Gasteiger partial charge in [-0.1, -0.05) is 6.07 Å². The molecule has 0 saturated heterocycles. The van der Waals surface area contributed by atoms with E-state index in [0.29, 0.717) is 5.69 Å². The van der Waals surface area contributed by atoms with Crippen molar-refractivity contribution in [3.05, 3.63) is 23.8 Å². The summed E-state index contributed by atoms with van der Waals surface area (Å²) in [6.45, 7) is 1.76. The Morgan fingerprint density at radius 1 is 1.53 bits per heavy atom. The van der Waals surface area contributed by atoms with Crippen molar-refractivity contribution in [1.29, 1.82) is 0 Å².